The first-order valence-corrected chi connectivity index (χ1v) is 7.92. The first-order chi connectivity index (χ1) is 8.74. The second kappa shape index (κ2) is 4.99. The van der Waals surface area contributed by atoms with Crippen molar-refractivity contribution < 1.29 is 5.11 Å². The zero-order chi connectivity index (χ0) is 12.5. The van der Waals surface area contributed by atoms with Crippen LogP contribution in [0.4, 0.5) is 5.13 Å². The van der Waals surface area contributed by atoms with Crippen LogP contribution in [0.1, 0.15) is 36.4 Å². The minimum Gasteiger partial charge on any atom is -0.387 e. The van der Waals surface area contributed by atoms with Crippen LogP contribution in [0, 0.1) is 0 Å². The van der Waals surface area contributed by atoms with Crippen LogP contribution in [0.5, 0.6) is 0 Å². The second-order valence-electron chi connectivity index (χ2n) is 4.67. The molecule has 3 nitrogen and oxygen atoms in total. The Bertz CT molecular complexity index is 503. The number of nitrogens with zero attached hydrogens (tertiary/aromatic N) is 2. The van der Waals surface area contributed by atoms with Crippen LogP contribution in [0.15, 0.2) is 22.9 Å². The van der Waals surface area contributed by atoms with Gasteiger partial charge in [-0.2, -0.15) is 0 Å². The van der Waals surface area contributed by atoms with Crippen LogP contribution in [0.3, 0.4) is 0 Å². The highest BCUT2D eigenvalue weighted by molar-refractivity contribution is 7.13. The van der Waals surface area contributed by atoms with Crippen LogP contribution >= 0.6 is 22.7 Å². The summed E-state index contributed by atoms with van der Waals surface area (Å²) in [5.74, 6) is 0. The van der Waals surface area contributed by atoms with Crippen LogP contribution < -0.4 is 4.90 Å². The molecule has 1 atom stereocenters. The maximum Gasteiger partial charge on any atom is 0.186 e. The summed E-state index contributed by atoms with van der Waals surface area (Å²) < 4.78 is 0. The van der Waals surface area contributed by atoms with E-state index >= 15 is 0 Å². The van der Waals surface area contributed by atoms with E-state index in [1.54, 1.807) is 29.6 Å². The third kappa shape index (κ3) is 2.58. The van der Waals surface area contributed by atoms with Crippen LogP contribution in [-0.4, -0.2) is 16.1 Å². The Kier molecular flexibility index (Phi) is 3.37. The number of aliphatic hydroxyl groups excluding tert-OH is 1. The van der Waals surface area contributed by atoms with Gasteiger partial charge < -0.3 is 10.0 Å². The number of aromatic nitrogens is 1. The maximum absolute atomic E-state index is 9.56. The number of anilines is 1. The summed E-state index contributed by atoms with van der Waals surface area (Å²) in [5, 5.41) is 14.7. The van der Waals surface area contributed by atoms with Crippen molar-refractivity contribution in [1.29, 1.82) is 0 Å². The molecule has 2 aromatic rings. The average molecular weight is 280 g/mol. The Hall–Kier alpha value is -0.910. The van der Waals surface area contributed by atoms with Gasteiger partial charge in [-0.1, -0.05) is 6.07 Å². The summed E-state index contributed by atoms with van der Waals surface area (Å²) in [4.78, 5) is 8.30. The van der Waals surface area contributed by atoms with Crippen molar-refractivity contribution in [1.82, 2.24) is 4.98 Å². The lowest BCUT2D eigenvalue weighted by Gasteiger charge is -2.20. The van der Waals surface area contributed by atoms with Gasteiger partial charge in [0.1, 0.15) is 0 Å². The van der Waals surface area contributed by atoms with E-state index in [1.807, 2.05) is 5.38 Å². The highest BCUT2D eigenvalue weighted by Crippen LogP contribution is 2.36. The van der Waals surface area contributed by atoms with Gasteiger partial charge in [0.15, 0.2) is 5.13 Å². The van der Waals surface area contributed by atoms with Crippen molar-refractivity contribution in [3.8, 4) is 0 Å². The lowest BCUT2D eigenvalue weighted by atomic mass is 10.3. The number of thiophene rings is 1. The molecule has 0 saturated heterocycles. The lowest BCUT2D eigenvalue weighted by Crippen LogP contribution is -2.24. The SMILES string of the molecule is CC(O)c1csc(N(Cc2cccs2)C2CC2)n1. The van der Waals surface area contributed by atoms with E-state index in [0.29, 0.717) is 6.04 Å². The zero-order valence-electron chi connectivity index (χ0n) is 10.2. The fourth-order valence-corrected chi connectivity index (χ4v) is 3.60. The average Bonchev–Trinajstić information content (AvgIpc) is 2.88. The largest absolute Gasteiger partial charge is 0.387 e. The summed E-state index contributed by atoms with van der Waals surface area (Å²) in [6, 6.07) is 4.90. The first-order valence-electron chi connectivity index (χ1n) is 6.16. The molecule has 3 rings (SSSR count). The third-order valence-electron chi connectivity index (χ3n) is 3.08. The molecule has 0 bridgehead atoms. The summed E-state index contributed by atoms with van der Waals surface area (Å²) in [6.45, 7) is 2.70. The summed E-state index contributed by atoms with van der Waals surface area (Å²) in [5.41, 5.74) is 0.784. The Balaban J connectivity index is 1.80. The monoisotopic (exact) mass is 280 g/mol. The Labute approximate surface area is 115 Å². The number of thiazole rings is 1. The standard InChI is InChI=1S/C13H16N2OS2/c1-9(16)12-8-18-13(14-12)15(10-4-5-10)7-11-3-2-6-17-11/h2-3,6,8-10,16H,4-5,7H2,1H3. The molecule has 0 aromatic carbocycles. The Morgan fingerprint density at radius 3 is 2.89 bits per heavy atom. The van der Waals surface area contributed by atoms with Gasteiger partial charge in [0.25, 0.3) is 0 Å². The van der Waals surface area contributed by atoms with E-state index in [-0.39, 0.29) is 0 Å². The van der Waals surface area contributed by atoms with Crippen LogP contribution in [0.2, 0.25) is 0 Å². The van der Waals surface area contributed by atoms with Crippen LogP contribution in [0.25, 0.3) is 0 Å². The van der Waals surface area contributed by atoms with Crippen molar-refractivity contribution in [2.75, 3.05) is 4.90 Å². The predicted octanol–water partition coefficient (Wildman–Crippen LogP) is 3.43. The fraction of sp³-hybridized carbons (Fsp3) is 0.462. The molecule has 1 saturated carbocycles. The maximum atomic E-state index is 9.56. The molecule has 0 amide bonds. The molecule has 18 heavy (non-hydrogen) atoms. The molecule has 1 N–H and O–H groups in total. The highest BCUT2D eigenvalue weighted by Gasteiger charge is 2.31. The van der Waals surface area contributed by atoms with Crippen molar-refractivity contribution >= 4 is 27.8 Å². The molecule has 1 unspecified atom stereocenters. The van der Waals surface area contributed by atoms with E-state index in [2.05, 4.69) is 27.4 Å². The van der Waals surface area contributed by atoms with E-state index in [9.17, 15) is 5.11 Å². The molecule has 96 valence electrons. The molecular formula is C13H16N2OS2. The highest BCUT2D eigenvalue weighted by atomic mass is 32.1. The molecule has 5 heteroatoms. The molecule has 2 heterocycles. The summed E-state index contributed by atoms with van der Waals surface area (Å²) >= 11 is 3.43. The smallest absolute Gasteiger partial charge is 0.186 e. The van der Waals surface area contributed by atoms with Crippen LogP contribution in [-0.2, 0) is 6.54 Å². The number of rotatable bonds is 5. The van der Waals surface area contributed by atoms with E-state index < -0.39 is 6.10 Å². The van der Waals surface area contributed by atoms with Crippen molar-refractivity contribution in [3.63, 3.8) is 0 Å². The molecule has 0 spiro atoms. The van der Waals surface area contributed by atoms with Gasteiger partial charge in [-0.15, -0.1) is 22.7 Å². The summed E-state index contributed by atoms with van der Waals surface area (Å²) in [7, 11) is 0. The minimum absolute atomic E-state index is 0.474. The lowest BCUT2D eigenvalue weighted by molar-refractivity contribution is 0.195. The normalized spacial score (nSPS) is 16.8. The van der Waals surface area contributed by atoms with Gasteiger partial charge in [0, 0.05) is 16.3 Å². The fourth-order valence-electron chi connectivity index (χ4n) is 1.91. The third-order valence-corrected chi connectivity index (χ3v) is 4.83. The molecule has 0 aliphatic heterocycles. The van der Waals surface area contributed by atoms with Gasteiger partial charge in [0.05, 0.1) is 18.3 Å². The van der Waals surface area contributed by atoms with Gasteiger partial charge >= 0.3 is 0 Å². The zero-order valence-corrected chi connectivity index (χ0v) is 11.9. The number of hydrogen-bond acceptors (Lipinski definition) is 5. The van der Waals surface area contributed by atoms with E-state index in [1.165, 1.54) is 17.7 Å². The predicted molar refractivity (Wildman–Crippen MR) is 76.3 cm³/mol. The first kappa shape index (κ1) is 12.1. The molecular weight excluding hydrogens is 264 g/mol. The molecule has 0 radical (unpaired) electrons. The topological polar surface area (TPSA) is 36.4 Å². The molecule has 1 aliphatic carbocycles. The van der Waals surface area contributed by atoms with Gasteiger partial charge in [-0.3, -0.25) is 0 Å². The Morgan fingerprint density at radius 2 is 2.33 bits per heavy atom. The van der Waals surface area contributed by atoms with Crippen molar-refractivity contribution in [2.45, 2.75) is 38.5 Å². The minimum atomic E-state index is -0.474. The Morgan fingerprint density at radius 1 is 1.50 bits per heavy atom. The van der Waals surface area contributed by atoms with Gasteiger partial charge in [0.2, 0.25) is 0 Å². The second-order valence-corrected chi connectivity index (χ2v) is 6.54. The van der Waals surface area contributed by atoms with Gasteiger partial charge in [-0.25, -0.2) is 4.98 Å². The van der Waals surface area contributed by atoms with E-state index in [4.69, 9.17) is 0 Å². The van der Waals surface area contributed by atoms with Crippen molar-refractivity contribution in [2.24, 2.45) is 0 Å². The summed E-state index contributed by atoms with van der Waals surface area (Å²) in [6.07, 6.45) is 2.04. The molecule has 1 aliphatic rings. The van der Waals surface area contributed by atoms with E-state index in [0.717, 1.165) is 17.4 Å². The van der Waals surface area contributed by atoms with Gasteiger partial charge in [-0.05, 0) is 31.2 Å². The molecule has 1 fully saturated rings. The van der Waals surface area contributed by atoms with Crippen molar-refractivity contribution in [3.05, 3.63) is 33.5 Å². The number of aliphatic hydroxyl groups is 1. The quantitative estimate of drug-likeness (QED) is 0.911. The molecule has 2 aromatic heterocycles. The number of hydrogen-bond donors (Lipinski definition) is 1.